The van der Waals surface area contributed by atoms with Crippen molar-refractivity contribution >= 4 is 17.4 Å². The van der Waals surface area contributed by atoms with Crippen LogP contribution in [-0.2, 0) is 0 Å². The lowest BCUT2D eigenvalue weighted by molar-refractivity contribution is 0.0717. The average molecular weight is 246 g/mol. The van der Waals surface area contributed by atoms with Crippen LogP contribution in [0.1, 0.15) is 17.3 Å². The van der Waals surface area contributed by atoms with E-state index in [9.17, 15) is 13.6 Å². The van der Waals surface area contributed by atoms with Gasteiger partial charge in [-0.05, 0) is 19.1 Å². The number of hydrogen-bond donors (Lipinski definition) is 1. The van der Waals surface area contributed by atoms with Crippen LogP contribution in [0.5, 0.6) is 0 Å². The summed E-state index contributed by atoms with van der Waals surface area (Å²) in [6.45, 7) is 2.74. The summed E-state index contributed by atoms with van der Waals surface area (Å²) in [5.41, 5.74) is -0.752. The van der Waals surface area contributed by atoms with Gasteiger partial charge in [0.25, 0.3) is 0 Å². The highest BCUT2D eigenvalue weighted by Gasteiger charge is 2.41. The van der Waals surface area contributed by atoms with E-state index in [4.69, 9.17) is 11.6 Å². The van der Waals surface area contributed by atoms with Gasteiger partial charge in [-0.15, -0.1) is 0 Å². The van der Waals surface area contributed by atoms with Gasteiger partial charge in [-0.2, -0.15) is 0 Å². The number of benzene rings is 1. The lowest BCUT2D eigenvalue weighted by atomic mass is 9.77. The van der Waals surface area contributed by atoms with Gasteiger partial charge >= 0.3 is 0 Å². The quantitative estimate of drug-likeness (QED) is 0.640. The fourth-order valence-electron chi connectivity index (χ4n) is 1.69. The summed E-state index contributed by atoms with van der Waals surface area (Å²) in [5, 5.41) is 2.32. The monoisotopic (exact) mass is 245 g/mol. The molecule has 2 rings (SSSR count). The Morgan fingerprint density at radius 1 is 1.44 bits per heavy atom. The molecule has 0 radical (unpaired) electrons. The molecule has 2 nitrogen and oxygen atoms in total. The first-order valence-corrected chi connectivity index (χ1v) is 5.22. The third-order valence-electron chi connectivity index (χ3n) is 2.86. The van der Waals surface area contributed by atoms with Crippen molar-refractivity contribution in [3.05, 3.63) is 34.4 Å². The van der Waals surface area contributed by atoms with E-state index < -0.39 is 22.1 Å². The predicted octanol–water partition coefficient (Wildman–Crippen LogP) is 2.41. The van der Waals surface area contributed by atoms with Crippen molar-refractivity contribution in [2.45, 2.75) is 6.92 Å². The number of hydrogen-bond acceptors (Lipinski definition) is 2. The van der Waals surface area contributed by atoms with Crippen LogP contribution >= 0.6 is 11.6 Å². The second-order valence-electron chi connectivity index (χ2n) is 4.22. The average Bonchev–Trinajstić information content (AvgIpc) is 2.22. The number of halogens is 3. The van der Waals surface area contributed by atoms with E-state index in [0.717, 1.165) is 12.1 Å². The van der Waals surface area contributed by atoms with Crippen LogP contribution in [0.4, 0.5) is 8.78 Å². The van der Waals surface area contributed by atoms with Crippen LogP contribution in [-0.4, -0.2) is 18.9 Å². The van der Waals surface area contributed by atoms with Crippen molar-refractivity contribution in [2.24, 2.45) is 5.41 Å². The number of rotatable bonds is 2. The van der Waals surface area contributed by atoms with E-state index in [1.165, 1.54) is 0 Å². The topological polar surface area (TPSA) is 29.1 Å². The number of carbonyl (C=O) groups excluding carboxylic acids is 1. The van der Waals surface area contributed by atoms with Crippen molar-refractivity contribution in [1.29, 1.82) is 0 Å². The first-order valence-electron chi connectivity index (χ1n) is 4.85. The molecule has 0 aliphatic carbocycles. The van der Waals surface area contributed by atoms with Gasteiger partial charge in [-0.1, -0.05) is 11.6 Å². The lowest BCUT2D eigenvalue weighted by Gasteiger charge is -2.37. The maximum atomic E-state index is 13.6. The van der Waals surface area contributed by atoms with E-state index in [-0.39, 0.29) is 11.3 Å². The SMILES string of the molecule is CC1(C(=O)c2ccc(F)c(Cl)c2F)CNC1. The second-order valence-corrected chi connectivity index (χ2v) is 4.59. The zero-order valence-electron chi connectivity index (χ0n) is 8.61. The Balaban J connectivity index is 2.41. The molecule has 0 unspecified atom stereocenters. The van der Waals surface area contributed by atoms with E-state index in [1.807, 2.05) is 0 Å². The van der Waals surface area contributed by atoms with Crippen molar-refractivity contribution in [2.75, 3.05) is 13.1 Å². The van der Waals surface area contributed by atoms with Gasteiger partial charge in [0, 0.05) is 13.1 Å². The standard InChI is InChI=1S/C11H10ClF2NO/c1-11(4-15-5-11)10(16)6-2-3-7(13)8(12)9(6)14/h2-3,15H,4-5H2,1H3. The van der Waals surface area contributed by atoms with E-state index in [0.29, 0.717) is 13.1 Å². The highest BCUT2D eigenvalue weighted by Crippen LogP contribution is 2.30. The van der Waals surface area contributed by atoms with Crippen molar-refractivity contribution < 1.29 is 13.6 Å². The molecule has 86 valence electrons. The van der Waals surface area contributed by atoms with Crippen LogP contribution < -0.4 is 5.32 Å². The van der Waals surface area contributed by atoms with Gasteiger partial charge in [0.15, 0.2) is 11.6 Å². The van der Waals surface area contributed by atoms with Crippen molar-refractivity contribution in [3.63, 3.8) is 0 Å². The first kappa shape index (κ1) is 11.5. The van der Waals surface area contributed by atoms with Crippen LogP contribution in [0.3, 0.4) is 0 Å². The largest absolute Gasteiger partial charge is 0.315 e. The summed E-state index contributed by atoms with van der Waals surface area (Å²) in [7, 11) is 0. The molecule has 1 N–H and O–H groups in total. The van der Waals surface area contributed by atoms with Crippen molar-refractivity contribution in [1.82, 2.24) is 5.32 Å². The molecule has 0 atom stereocenters. The molecule has 1 aromatic carbocycles. The van der Waals surface area contributed by atoms with Gasteiger partial charge in [0.05, 0.1) is 11.0 Å². The minimum absolute atomic E-state index is 0.143. The Morgan fingerprint density at radius 3 is 2.56 bits per heavy atom. The van der Waals surface area contributed by atoms with Gasteiger partial charge in [-0.25, -0.2) is 8.78 Å². The van der Waals surface area contributed by atoms with Crippen molar-refractivity contribution in [3.8, 4) is 0 Å². The predicted molar refractivity (Wildman–Crippen MR) is 56.7 cm³/mol. The fraction of sp³-hybridized carbons (Fsp3) is 0.364. The van der Waals surface area contributed by atoms with Gasteiger partial charge < -0.3 is 5.32 Å². The lowest BCUT2D eigenvalue weighted by Crippen LogP contribution is -2.56. The highest BCUT2D eigenvalue weighted by atomic mass is 35.5. The summed E-state index contributed by atoms with van der Waals surface area (Å²) in [6, 6.07) is 2.15. The normalized spacial score (nSPS) is 18.0. The molecule has 1 fully saturated rings. The molecule has 1 heterocycles. The van der Waals surface area contributed by atoms with Crippen LogP contribution in [0, 0.1) is 17.0 Å². The van der Waals surface area contributed by atoms with Gasteiger partial charge in [0.2, 0.25) is 0 Å². The maximum absolute atomic E-state index is 13.6. The number of Topliss-reactive ketones (excluding diaryl/α,β-unsaturated/α-hetero) is 1. The molecule has 0 spiro atoms. The first-order chi connectivity index (χ1) is 7.46. The van der Waals surface area contributed by atoms with E-state index >= 15 is 0 Å². The van der Waals surface area contributed by atoms with Crippen LogP contribution in [0.2, 0.25) is 5.02 Å². The Kier molecular flexibility index (Phi) is 2.72. The summed E-state index contributed by atoms with van der Waals surface area (Å²) in [4.78, 5) is 12.0. The molecule has 0 amide bonds. The molecule has 0 bridgehead atoms. The third-order valence-corrected chi connectivity index (χ3v) is 3.20. The third kappa shape index (κ3) is 1.62. The summed E-state index contributed by atoms with van der Waals surface area (Å²) >= 11 is 5.42. The minimum atomic E-state index is -0.972. The summed E-state index contributed by atoms with van der Waals surface area (Å²) in [5.74, 6) is -2.17. The summed E-state index contributed by atoms with van der Waals surface area (Å²) < 4.78 is 26.5. The van der Waals surface area contributed by atoms with Crippen LogP contribution in [0.15, 0.2) is 12.1 Å². The molecule has 0 aromatic heterocycles. The van der Waals surface area contributed by atoms with Gasteiger partial charge in [0.1, 0.15) is 10.8 Å². The zero-order valence-corrected chi connectivity index (χ0v) is 9.37. The molecular formula is C11H10ClF2NO. The molecule has 1 aliphatic rings. The number of nitrogens with one attached hydrogen (secondary N) is 1. The Hall–Kier alpha value is -1.00. The Labute approximate surface area is 96.6 Å². The molecule has 1 aliphatic heterocycles. The fourth-order valence-corrected chi connectivity index (χ4v) is 1.85. The minimum Gasteiger partial charge on any atom is -0.315 e. The Bertz CT molecular complexity index is 458. The van der Waals surface area contributed by atoms with Crippen LogP contribution in [0.25, 0.3) is 0 Å². The second kappa shape index (κ2) is 3.79. The smallest absolute Gasteiger partial charge is 0.174 e. The molecule has 1 saturated heterocycles. The number of ketones is 1. The molecule has 0 saturated carbocycles. The molecular weight excluding hydrogens is 236 g/mol. The van der Waals surface area contributed by atoms with E-state index in [1.54, 1.807) is 6.92 Å². The molecule has 16 heavy (non-hydrogen) atoms. The highest BCUT2D eigenvalue weighted by molar-refractivity contribution is 6.31. The molecule has 1 aromatic rings. The van der Waals surface area contributed by atoms with Gasteiger partial charge in [-0.3, -0.25) is 4.79 Å². The maximum Gasteiger partial charge on any atom is 0.174 e. The van der Waals surface area contributed by atoms with E-state index in [2.05, 4.69) is 5.32 Å². The molecule has 5 heteroatoms. The number of carbonyl (C=O) groups is 1. The Morgan fingerprint density at radius 2 is 2.06 bits per heavy atom. The summed E-state index contributed by atoms with van der Waals surface area (Å²) in [6.07, 6.45) is 0. The zero-order chi connectivity index (χ0) is 11.9.